The van der Waals surface area contributed by atoms with Gasteiger partial charge < -0.3 is 10.6 Å². The van der Waals surface area contributed by atoms with E-state index >= 15 is 0 Å². The lowest BCUT2D eigenvalue weighted by Crippen LogP contribution is -2.49. The van der Waals surface area contributed by atoms with Crippen LogP contribution in [0.2, 0.25) is 0 Å². The number of hydrogen-bond donors (Lipinski definition) is 4. The van der Waals surface area contributed by atoms with Crippen molar-refractivity contribution in [1.29, 1.82) is 0 Å². The molecule has 0 atom stereocenters. The van der Waals surface area contributed by atoms with Crippen LogP contribution in [0.3, 0.4) is 0 Å². The third-order valence-corrected chi connectivity index (χ3v) is 4.52. The number of amides is 2. The Hall–Kier alpha value is -3.71. The van der Waals surface area contributed by atoms with Crippen LogP contribution in [0.25, 0.3) is 11.1 Å². The molecule has 4 N–H and O–H groups in total. The summed E-state index contributed by atoms with van der Waals surface area (Å²) in [4.78, 5) is 24.2. The van der Waals surface area contributed by atoms with Crippen molar-refractivity contribution in [2.45, 2.75) is 6.54 Å². The van der Waals surface area contributed by atoms with E-state index in [0.29, 0.717) is 12.1 Å². The first-order chi connectivity index (χ1) is 14.6. The summed E-state index contributed by atoms with van der Waals surface area (Å²) in [6.07, 6.45) is 0. The Kier molecular flexibility index (Phi) is 7.51. The van der Waals surface area contributed by atoms with Gasteiger partial charge in [0.1, 0.15) is 0 Å². The molecule has 0 heterocycles. The van der Waals surface area contributed by atoms with E-state index in [1.165, 1.54) is 0 Å². The molecule has 0 aliphatic carbocycles. The summed E-state index contributed by atoms with van der Waals surface area (Å²) in [7, 11) is 0. The summed E-state index contributed by atoms with van der Waals surface area (Å²) < 4.78 is 0. The molecule has 0 saturated heterocycles. The van der Waals surface area contributed by atoms with Crippen molar-refractivity contribution in [3.63, 3.8) is 0 Å². The molecule has 0 aliphatic heterocycles. The Bertz CT molecular complexity index is 993. The van der Waals surface area contributed by atoms with Crippen LogP contribution >= 0.6 is 12.2 Å². The van der Waals surface area contributed by atoms with Gasteiger partial charge in [0.2, 0.25) is 0 Å². The molecule has 152 valence electrons. The Morgan fingerprint density at radius 2 is 1.30 bits per heavy atom. The molecule has 6 nitrogen and oxygen atoms in total. The Morgan fingerprint density at radius 3 is 1.97 bits per heavy atom. The van der Waals surface area contributed by atoms with Crippen LogP contribution in [0.15, 0.2) is 84.9 Å². The van der Waals surface area contributed by atoms with E-state index in [-0.39, 0.29) is 17.6 Å². The Morgan fingerprint density at radius 1 is 0.700 bits per heavy atom. The van der Waals surface area contributed by atoms with Crippen molar-refractivity contribution >= 4 is 29.1 Å². The number of hydrazine groups is 1. The van der Waals surface area contributed by atoms with Gasteiger partial charge in [-0.05, 0) is 41.0 Å². The van der Waals surface area contributed by atoms with E-state index in [0.717, 1.165) is 16.7 Å². The average Bonchev–Trinajstić information content (AvgIpc) is 2.81. The molecule has 0 bridgehead atoms. The van der Waals surface area contributed by atoms with Crippen LogP contribution in [0.5, 0.6) is 0 Å². The second kappa shape index (κ2) is 10.7. The van der Waals surface area contributed by atoms with Gasteiger partial charge >= 0.3 is 0 Å². The first kappa shape index (κ1) is 21.0. The molecule has 0 aromatic heterocycles. The van der Waals surface area contributed by atoms with E-state index < -0.39 is 5.91 Å². The lowest BCUT2D eigenvalue weighted by molar-refractivity contribution is -0.120. The summed E-state index contributed by atoms with van der Waals surface area (Å²) in [6.45, 7) is 0.367. The monoisotopic (exact) mass is 418 g/mol. The van der Waals surface area contributed by atoms with Crippen molar-refractivity contribution in [2.75, 3.05) is 6.54 Å². The minimum absolute atomic E-state index is 0.173. The maximum absolute atomic E-state index is 12.2. The van der Waals surface area contributed by atoms with Gasteiger partial charge in [-0.2, -0.15) is 0 Å². The fourth-order valence-electron chi connectivity index (χ4n) is 2.70. The first-order valence-corrected chi connectivity index (χ1v) is 9.83. The fourth-order valence-corrected chi connectivity index (χ4v) is 2.82. The van der Waals surface area contributed by atoms with Crippen molar-refractivity contribution in [3.05, 3.63) is 96.1 Å². The second-order valence-corrected chi connectivity index (χ2v) is 6.88. The summed E-state index contributed by atoms with van der Waals surface area (Å²) in [5.41, 5.74) is 8.70. The van der Waals surface area contributed by atoms with E-state index in [4.69, 9.17) is 12.2 Å². The van der Waals surface area contributed by atoms with Crippen molar-refractivity contribution < 1.29 is 9.59 Å². The molecule has 2 amide bonds. The zero-order valence-electron chi connectivity index (χ0n) is 16.2. The zero-order chi connectivity index (χ0) is 21.2. The summed E-state index contributed by atoms with van der Waals surface area (Å²) in [6, 6.07) is 26.9. The van der Waals surface area contributed by atoms with Crippen LogP contribution in [0, 0.1) is 0 Å². The van der Waals surface area contributed by atoms with E-state index in [9.17, 15) is 9.59 Å². The zero-order valence-corrected chi connectivity index (χ0v) is 17.0. The number of rotatable bonds is 6. The quantitative estimate of drug-likeness (QED) is 0.366. The number of nitrogens with one attached hydrogen (secondary N) is 4. The van der Waals surface area contributed by atoms with Gasteiger partial charge in [-0.3, -0.25) is 20.4 Å². The summed E-state index contributed by atoms with van der Waals surface area (Å²) >= 11 is 5.11. The average molecular weight is 419 g/mol. The van der Waals surface area contributed by atoms with Crippen molar-refractivity contribution in [2.24, 2.45) is 0 Å². The maximum atomic E-state index is 12.2. The topological polar surface area (TPSA) is 82.3 Å². The van der Waals surface area contributed by atoms with Crippen LogP contribution < -0.4 is 21.5 Å². The van der Waals surface area contributed by atoms with Gasteiger partial charge in [-0.15, -0.1) is 0 Å². The van der Waals surface area contributed by atoms with Crippen LogP contribution in [0.4, 0.5) is 0 Å². The molecule has 0 saturated carbocycles. The number of carbonyl (C=O) groups excluding carboxylic acids is 2. The third-order valence-electron chi connectivity index (χ3n) is 4.28. The van der Waals surface area contributed by atoms with Gasteiger partial charge in [0.15, 0.2) is 5.11 Å². The van der Waals surface area contributed by atoms with E-state index in [1.54, 1.807) is 12.1 Å². The van der Waals surface area contributed by atoms with Crippen LogP contribution in [-0.4, -0.2) is 23.5 Å². The molecular weight excluding hydrogens is 396 g/mol. The normalized spacial score (nSPS) is 10.0. The number of hydrogen-bond acceptors (Lipinski definition) is 3. The highest BCUT2D eigenvalue weighted by Crippen LogP contribution is 2.19. The van der Waals surface area contributed by atoms with Gasteiger partial charge in [0.05, 0.1) is 6.54 Å². The van der Waals surface area contributed by atoms with Crippen molar-refractivity contribution in [1.82, 2.24) is 21.5 Å². The van der Waals surface area contributed by atoms with Gasteiger partial charge in [0.25, 0.3) is 11.8 Å². The van der Waals surface area contributed by atoms with E-state index in [1.807, 2.05) is 72.8 Å². The van der Waals surface area contributed by atoms with Crippen LogP contribution in [0.1, 0.15) is 15.9 Å². The number of thiocarbonyl (C=S) groups is 1. The number of carbonyl (C=O) groups is 2. The Labute approximate surface area is 180 Å². The highest BCUT2D eigenvalue weighted by atomic mass is 32.1. The van der Waals surface area contributed by atoms with E-state index in [2.05, 4.69) is 21.5 Å². The lowest BCUT2D eigenvalue weighted by atomic mass is 10.0. The van der Waals surface area contributed by atoms with Gasteiger partial charge in [-0.1, -0.05) is 72.8 Å². The highest BCUT2D eigenvalue weighted by Gasteiger charge is 2.08. The number of benzene rings is 3. The molecule has 0 spiro atoms. The second-order valence-electron chi connectivity index (χ2n) is 6.47. The molecule has 7 heteroatoms. The molecule has 3 aromatic carbocycles. The molecule has 30 heavy (non-hydrogen) atoms. The fraction of sp³-hybridized carbons (Fsp3) is 0.0870. The van der Waals surface area contributed by atoms with Crippen molar-refractivity contribution in [3.8, 4) is 11.1 Å². The van der Waals surface area contributed by atoms with Gasteiger partial charge in [-0.25, -0.2) is 0 Å². The minimum atomic E-state index is -0.409. The Balaban J connectivity index is 1.39. The molecule has 0 unspecified atom stereocenters. The predicted molar refractivity (Wildman–Crippen MR) is 121 cm³/mol. The predicted octanol–water partition coefficient (Wildman–Crippen LogP) is 2.78. The minimum Gasteiger partial charge on any atom is -0.357 e. The first-order valence-electron chi connectivity index (χ1n) is 9.42. The molecule has 0 aliphatic rings. The molecular formula is C23H22N4O2S. The molecule has 0 fully saturated rings. The smallest absolute Gasteiger partial charge is 0.257 e. The summed E-state index contributed by atoms with van der Waals surface area (Å²) in [5, 5.41) is 5.85. The standard InChI is InChI=1S/C23H22N4O2S/c28-21(26-27-23(30)25-15-17-7-3-1-4-8-17)16-24-22(29)20-13-11-19(12-14-20)18-9-5-2-6-10-18/h1-14H,15-16H2,(H,24,29)(H,26,28)(H2,25,27,30). The maximum Gasteiger partial charge on any atom is 0.257 e. The SMILES string of the molecule is O=C(CNC(=O)c1ccc(-c2ccccc2)cc1)NNC(=S)NCc1ccccc1. The largest absolute Gasteiger partial charge is 0.357 e. The third kappa shape index (κ3) is 6.42. The van der Waals surface area contributed by atoms with Gasteiger partial charge in [0, 0.05) is 12.1 Å². The molecule has 3 aromatic rings. The van der Waals surface area contributed by atoms with Crippen LogP contribution in [-0.2, 0) is 11.3 Å². The molecule has 0 radical (unpaired) electrons. The summed E-state index contributed by atoms with van der Waals surface area (Å²) in [5.74, 6) is -0.734. The molecule has 3 rings (SSSR count). The highest BCUT2D eigenvalue weighted by molar-refractivity contribution is 7.80. The lowest BCUT2D eigenvalue weighted by Gasteiger charge is -2.12.